The number of hydrogen-bond donors (Lipinski definition) is 2. The van der Waals surface area contributed by atoms with Crippen LogP contribution < -0.4 is 15.5 Å². The van der Waals surface area contributed by atoms with Crippen molar-refractivity contribution in [3.63, 3.8) is 0 Å². The highest BCUT2D eigenvalue weighted by Crippen LogP contribution is 2.27. The number of nitrogens with zero attached hydrogens (tertiary/aromatic N) is 5. The summed E-state index contributed by atoms with van der Waals surface area (Å²) < 4.78 is 21.6. The Morgan fingerprint density at radius 1 is 1.17 bits per heavy atom. The molecule has 0 saturated carbocycles. The molecule has 1 amide bonds. The van der Waals surface area contributed by atoms with Crippen LogP contribution in [0.4, 0.5) is 15.9 Å². The Kier molecular flexibility index (Phi) is 7.69. The molecule has 2 aromatic heterocycles. The molecule has 1 aromatic carbocycles. The van der Waals surface area contributed by atoms with Gasteiger partial charge in [-0.15, -0.1) is 10.2 Å². The van der Waals surface area contributed by atoms with E-state index in [-0.39, 0.29) is 18.1 Å². The van der Waals surface area contributed by atoms with Gasteiger partial charge in [-0.3, -0.25) is 9.20 Å². The van der Waals surface area contributed by atoms with Crippen molar-refractivity contribution in [3.8, 4) is 0 Å². The van der Waals surface area contributed by atoms with Crippen LogP contribution in [0.1, 0.15) is 46.4 Å². The lowest BCUT2D eigenvalue weighted by atomic mass is 10.1. The Labute approximate surface area is 205 Å². The van der Waals surface area contributed by atoms with Gasteiger partial charge >= 0.3 is 0 Å². The van der Waals surface area contributed by atoms with Crippen molar-refractivity contribution in [3.05, 3.63) is 24.0 Å². The van der Waals surface area contributed by atoms with Gasteiger partial charge in [0, 0.05) is 31.9 Å². The number of nitrogens with one attached hydrogen (secondary N) is 2. The first-order valence-electron chi connectivity index (χ1n) is 12.5. The highest BCUT2D eigenvalue weighted by atomic mass is 19.1. The average molecular weight is 486 g/mol. The normalized spacial score (nSPS) is 19.5. The zero-order valence-corrected chi connectivity index (χ0v) is 21.2. The van der Waals surface area contributed by atoms with Gasteiger partial charge < -0.3 is 20.3 Å². The molecular weight excluding hydrogens is 449 g/mol. The third-order valence-electron chi connectivity index (χ3n) is 6.28. The van der Waals surface area contributed by atoms with E-state index < -0.39 is 12.1 Å². The molecule has 10 heteroatoms. The van der Waals surface area contributed by atoms with Crippen LogP contribution in [-0.4, -0.2) is 70.0 Å². The molecule has 0 radical (unpaired) electrons. The molecule has 3 atom stereocenters. The van der Waals surface area contributed by atoms with Crippen LogP contribution in [0.2, 0.25) is 0 Å². The fourth-order valence-corrected chi connectivity index (χ4v) is 4.54. The molecule has 1 aliphatic rings. The lowest BCUT2D eigenvalue weighted by molar-refractivity contribution is -0.127. The van der Waals surface area contributed by atoms with Crippen LogP contribution in [0.25, 0.3) is 16.7 Å². The fourth-order valence-electron chi connectivity index (χ4n) is 4.54. The first kappa shape index (κ1) is 25.1. The molecule has 3 heterocycles. The largest absolute Gasteiger partial charge is 0.372 e. The van der Waals surface area contributed by atoms with Crippen molar-refractivity contribution in [2.45, 2.75) is 65.8 Å². The van der Waals surface area contributed by atoms with E-state index in [0.717, 1.165) is 48.5 Å². The van der Waals surface area contributed by atoms with Crippen molar-refractivity contribution in [1.82, 2.24) is 24.9 Å². The quantitative estimate of drug-likeness (QED) is 0.448. The fraction of sp³-hybridized carbons (Fsp3) is 0.600. The highest BCUT2D eigenvalue weighted by molar-refractivity contribution is 5.85. The Hall–Kier alpha value is -3.01. The minimum Gasteiger partial charge on any atom is -0.372 e. The number of aryl methyl sites for hydroxylation is 1. The van der Waals surface area contributed by atoms with E-state index in [1.165, 1.54) is 0 Å². The molecule has 1 aliphatic heterocycles. The third-order valence-corrected chi connectivity index (χ3v) is 6.28. The van der Waals surface area contributed by atoms with Gasteiger partial charge in [-0.05, 0) is 57.7 Å². The van der Waals surface area contributed by atoms with E-state index in [1.54, 1.807) is 13.8 Å². The summed E-state index contributed by atoms with van der Waals surface area (Å²) >= 11 is 0. The van der Waals surface area contributed by atoms with Gasteiger partial charge in [0.2, 0.25) is 5.65 Å². The number of anilines is 2. The van der Waals surface area contributed by atoms with Crippen molar-refractivity contribution in [2.24, 2.45) is 5.92 Å². The molecule has 1 saturated heterocycles. The number of rotatable bonds is 9. The summed E-state index contributed by atoms with van der Waals surface area (Å²) in [5.41, 5.74) is 3.62. The van der Waals surface area contributed by atoms with Crippen molar-refractivity contribution >= 4 is 34.1 Å². The molecule has 3 aromatic rings. The Balaban J connectivity index is 1.46. The van der Waals surface area contributed by atoms with Gasteiger partial charge in [-0.2, -0.15) is 0 Å². The van der Waals surface area contributed by atoms with E-state index in [0.29, 0.717) is 24.6 Å². The summed E-state index contributed by atoms with van der Waals surface area (Å²) in [6.45, 7) is 12.3. The molecule has 4 rings (SSSR count). The molecular formula is C25H36FN7O2. The summed E-state index contributed by atoms with van der Waals surface area (Å²) in [5.74, 6) is 0.613. The zero-order chi connectivity index (χ0) is 25.1. The molecule has 190 valence electrons. The van der Waals surface area contributed by atoms with Gasteiger partial charge in [-0.1, -0.05) is 13.8 Å². The predicted octanol–water partition coefficient (Wildman–Crippen LogP) is 3.50. The summed E-state index contributed by atoms with van der Waals surface area (Å²) in [6.07, 6.45) is 0.410. The van der Waals surface area contributed by atoms with Gasteiger partial charge in [0.1, 0.15) is 5.82 Å². The van der Waals surface area contributed by atoms with Crippen LogP contribution in [0.15, 0.2) is 18.2 Å². The van der Waals surface area contributed by atoms with Crippen LogP contribution in [-0.2, 0) is 9.53 Å². The number of ether oxygens (including phenoxy) is 1. The molecule has 0 aliphatic carbocycles. The number of fused-ring (bicyclic) bond motifs is 3. The highest BCUT2D eigenvalue weighted by Gasteiger charge is 2.23. The second kappa shape index (κ2) is 10.7. The van der Waals surface area contributed by atoms with E-state index in [4.69, 9.17) is 9.72 Å². The van der Waals surface area contributed by atoms with Gasteiger partial charge in [-0.25, -0.2) is 9.37 Å². The smallest absolute Gasteiger partial charge is 0.254 e. The van der Waals surface area contributed by atoms with Crippen molar-refractivity contribution in [2.75, 3.05) is 36.4 Å². The number of halogens is 1. The molecule has 0 bridgehead atoms. The summed E-state index contributed by atoms with van der Waals surface area (Å²) in [5, 5.41) is 14.7. The number of morpholine rings is 1. The monoisotopic (exact) mass is 485 g/mol. The maximum atomic E-state index is 13.7. The molecule has 1 fully saturated rings. The Bertz CT molecular complexity index is 1170. The predicted molar refractivity (Wildman–Crippen MR) is 136 cm³/mol. The van der Waals surface area contributed by atoms with Gasteiger partial charge in [0.15, 0.2) is 12.0 Å². The van der Waals surface area contributed by atoms with E-state index >= 15 is 0 Å². The number of amides is 1. The van der Waals surface area contributed by atoms with Crippen molar-refractivity contribution in [1.29, 1.82) is 0 Å². The molecule has 35 heavy (non-hydrogen) atoms. The maximum absolute atomic E-state index is 13.7. The van der Waals surface area contributed by atoms with Crippen LogP contribution in [0, 0.1) is 12.8 Å². The second-order valence-corrected chi connectivity index (χ2v) is 9.77. The average Bonchev–Trinajstić information content (AvgIpc) is 3.21. The van der Waals surface area contributed by atoms with Crippen LogP contribution in [0.3, 0.4) is 0 Å². The zero-order valence-electron chi connectivity index (χ0n) is 21.2. The van der Waals surface area contributed by atoms with E-state index in [1.807, 2.05) is 11.3 Å². The maximum Gasteiger partial charge on any atom is 0.254 e. The molecule has 2 N–H and O–H groups in total. The summed E-state index contributed by atoms with van der Waals surface area (Å²) in [6, 6.07) is 6.31. The number of carbonyl (C=O) groups is 1. The van der Waals surface area contributed by atoms with Gasteiger partial charge in [0.05, 0.1) is 23.2 Å². The van der Waals surface area contributed by atoms with Crippen LogP contribution in [0.5, 0.6) is 0 Å². The molecule has 0 unspecified atom stereocenters. The lowest BCUT2D eigenvalue weighted by Crippen LogP contribution is -2.45. The summed E-state index contributed by atoms with van der Waals surface area (Å²) in [7, 11) is 0. The van der Waals surface area contributed by atoms with E-state index in [9.17, 15) is 9.18 Å². The Morgan fingerprint density at radius 3 is 2.60 bits per heavy atom. The number of carbonyl (C=O) groups excluding carboxylic acids is 1. The third kappa shape index (κ3) is 5.63. The SMILES string of the molecule is Cc1nnc2c(NCCCCNC(=O)[C@@H](F)C(C)C)nc3cc(N4C[C@@H](C)O[C@@H](C)C4)ccc3n12. The molecule has 9 nitrogen and oxygen atoms in total. The topological polar surface area (TPSA) is 96.7 Å². The van der Waals surface area contributed by atoms with E-state index in [2.05, 4.69) is 57.8 Å². The minimum absolute atomic E-state index is 0.174. The summed E-state index contributed by atoms with van der Waals surface area (Å²) in [4.78, 5) is 19.0. The number of hydrogen-bond acceptors (Lipinski definition) is 7. The van der Waals surface area contributed by atoms with Crippen molar-refractivity contribution < 1.29 is 13.9 Å². The second-order valence-electron chi connectivity index (χ2n) is 9.77. The molecule has 0 spiro atoms. The minimum atomic E-state index is -1.46. The Morgan fingerprint density at radius 2 is 1.89 bits per heavy atom. The first-order valence-corrected chi connectivity index (χ1v) is 12.5. The number of alkyl halides is 1. The standard InChI is InChI=1S/C25H36FN7O2/c1-15(2)22(26)25(34)28-11-7-6-10-27-23-24-31-30-18(5)33(24)21-9-8-19(12-20(21)29-23)32-13-16(3)35-17(4)14-32/h8-9,12,15-17,22H,6-7,10-11,13-14H2,1-5H3,(H,27,29)(H,28,34)/t16-,17+,22-/m0/s1. The number of benzene rings is 1. The number of aromatic nitrogens is 4. The number of unbranched alkanes of at least 4 members (excludes halogenated alkanes) is 1. The lowest BCUT2D eigenvalue weighted by Gasteiger charge is -2.36. The van der Waals surface area contributed by atoms with Gasteiger partial charge in [0.25, 0.3) is 5.91 Å². The van der Waals surface area contributed by atoms with Crippen LogP contribution >= 0.6 is 0 Å². The first-order chi connectivity index (χ1) is 16.7.